The van der Waals surface area contributed by atoms with Crippen LogP contribution in [0.2, 0.25) is 0 Å². The third-order valence-electron chi connectivity index (χ3n) is 2.90. The van der Waals surface area contributed by atoms with E-state index in [9.17, 15) is 0 Å². The molecule has 96 valence electrons. The van der Waals surface area contributed by atoms with E-state index < -0.39 is 0 Å². The largest absolute Gasteiger partial charge is 0.338 e. The highest BCUT2D eigenvalue weighted by atomic mass is 79.9. The third-order valence-corrected chi connectivity index (χ3v) is 3.94. The van der Waals surface area contributed by atoms with E-state index >= 15 is 0 Å². The number of hydrogen-bond donors (Lipinski definition) is 0. The molecular weight excluding hydrogens is 292 g/mol. The van der Waals surface area contributed by atoms with Crippen LogP contribution < -0.4 is 0 Å². The summed E-state index contributed by atoms with van der Waals surface area (Å²) >= 11 is 3.51. The van der Waals surface area contributed by atoms with Gasteiger partial charge in [0.1, 0.15) is 0 Å². The molecule has 1 heterocycles. The molecule has 0 aliphatic rings. The molecule has 1 unspecified atom stereocenters. The van der Waals surface area contributed by atoms with Gasteiger partial charge in [-0.3, -0.25) is 0 Å². The minimum Gasteiger partial charge on any atom is -0.338 e. The average Bonchev–Trinajstić information content (AvgIpc) is 2.87. The summed E-state index contributed by atoms with van der Waals surface area (Å²) in [6, 6.07) is 8.31. The van der Waals surface area contributed by atoms with Crippen LogP contribution in [0.25, 0.3) is 11.4 Å². The van der Waals surface area contributed by atoms with Crippen molar-refractivity contribution >= 4 is 15.9 Å². The van der Waals surface area contributed by atoms with Gasteiger partial charge in [0.25, 0.3) is 0 Å². The van der Waals surface area contributed by atoms with Gasteiger partial charge in [0, 0.05) is 5.56 Å². The van der Waals surface area contributed by atoms with Crippen LogP contribution in [-0.4, -0.2) is 10.1 Å². The number of hydrogen-bond acceptors (Lipinski definition) is 3. The molecule has 0 aliphatic carbocycles. The highest BCUT2D eigenvalue weighted by Crippen LogP contribution is 2.27. The van der Waals surface area contributed by atoms with E-state index in [0.29, 0.717) is 17.6 Å². The molecule has 0 N–H and O–H groups in total. The Morgan fingerprint density at radius 2 is 1.89 bits per heavy atom. The lowest BCUT2D eigenvalue weighted by Crippen LogP contribution is -1.89. The van der Waals surface area contributed by atoms with Gasteiger partial charge in [-0.25, -0.2) is 0 Å². The summed E-state index contributed by atoms with van der Waals surface area (Å²) in [6.07, 6.45) is 0.925. The van der Waals surface area contributed by atoms with Crippen LogP contribution in [0.1, 0.15) is 49.4 Å². The summed E-state index contributed by atoms with van der Waals surface area (Å²) in [5, 5.41) is 4.01. The summed E-state index contributed by atoms with van der Waals surface area (Å²) in [5.41, 5.74) is 2.31. The Labute approximate surface area is 116 Å². The monoisotopic (exact) mass is 308 g/mol. The van der Waals surface area contributed by atoms with Crippen molar-refractivity contribution in [1.82, 2.24) is 10.1 Å². The van der Waals surface area contributed by atoms with E-state index in [1.54, 1.807) is 0 Å². The smallest absolute Gasteiger partial charge is 0.240 e. The van der Waals surface area contributed by atoms with E-state index in [4.69, 9.17) is 4.52 Å². The zero-order valence-electron chi connectivity index (χ0n) is 10.9. The molecule has 0 amide bonds. The van der Waals surface area contributed by atoms with Gasteiger partial charge in [0.15, 0.2) is 0 Å². The summed E-state index contributed by atoms with van der Waals surface area (Å²) in [6.45, 7) is 6.43. The quantitative estimate of drug-likeness (QED) is 0.768. The van der Waals surface area contributed by atoms with Crippen LogP contribution in [0, 0.1) is 0 Å². The Balaban J connectivity index is 2.23. The molecular formula is C14H17BrN2O. The Morgan fingerprint density at radius 3 is 2.44 bits per heavy atom. The molecule has 0 spiro atoms. The van der Waals surface area contributed by atoms with Gasteiger partial charge in [-0.05, 0) is 17.9 Å². The van der Waals surface area contributed by atoms with Crippen LogP contribution in [-0.2, 0) is 0 Å². The molecule has 0 bridgehead atoms. The molecule has 1 aromatic carbocycles. The zero-order chi connectivity index (χ0) is 13.1. The highest BCUT2D eigenvalue weighted by molar-refractivity contribution is 9.09. The third kappa shape index (κ3) is 2.80. The predicted molar refractivity (Wildman–Crippen MR) is 75.8 cm³/mol. The van der Waals surface area contributed by atoms with E-state index in [1.165, 1.54) is 5.56 Å². The fourth-order valence-corrected chi connectivity index (χ4v) is 1.86. The van der Waals surface area contributed by atoms with Crippen molar-refractivity contribution in [2.45, 2.75) is 37.9 Å². The zero-order valence-corrected chi connectivity index (χ0v) is 12.4. The summed E-state index contributed by atoms with van der Waals surface area (Å²) < 4.78 is 5.24. The van der Waals surface area contributed by atoms with Gasteiger partial charge >= 0.3 is 0 Å². The van der Waals surface area contributed by atoms with Gasteiger partial charge < -0.3 is 4.52 Å². The number of alkyl halides is 1. The second-order valence-corrected chi connectivity index (χ2v) is 5.71. The van der Waals surface area contributed by atoms with Crippen molar-refractivity contribution in [2.75, 3.05) is 0 Å². The van der Waals surface area contributed by atoms with Crippen molar-refractivity contribution in [3.63, 3.8) is 0 Å². The van der Waals surface area contributed by atoms with Crippen LogP contribution in [0.3, 0.4) is 0 Å². The minimum atomic E-state index is 0.133. The molecule has 1 atom stereocenters. The molecule has 0 radical (unpaired) electrons. The summed E-state index contributed by atoms with van der Waals surface area (Å²) in [5.74, 6) is 1.82. The summed E-state index contributed by atoms with van der Waals surface area (Å²) in [7, 11) is 0. The molecule has 2 aromatic rings. The molecule has 4 heteroatoms. The Hall–Kier alpha value is -1.16. The lowest BCUT2D eigenvalue weighted by molar-refractivity contribution is 0.377. The van der Waals surface area contributed by atoms with Crippen LogP contribution in [0.4, 0.5) is 0 Å². The van der Waals surface area contributed by atoms with E-state index in [2.05, 4.69) is 59.0 Å². The van der Waals surface area contributed by atoms with Gasteiger partial charge in [0.2, 0.25) is 11.7 Å². The number of benzene rings is 1. The molecule has 0 saturated heterocycles. The number of rotatable bonds is 4. The Morgan fingerprint density at radius 1 is 1.22 bits per heavy atom. The van der Waals surface area contributed by atoms with Crippen LogP contribution >= 0.6 is 15.9 Å². The first-order valence-corrected chi connectivity index (χ1v) is 7.11. The van der Waals surface area contributed by atoms with Gasteiger partial charge in [-0.1, -0.05) is 66.1 Å². The fourth-order valence-electron chi connectivity index (χ4n) is 1.67. The first-order valence-electron chi connectivity index (χ1n) is 6.19. The van der Waals surface area contributed by atoms with Gasteiger partial charge in [0.05, 0.1) is 4.83 Å². The number of nitrogens with zero attached hydrogens (tertiary/aromatic N) is 2. The molecule has 0 saturated carbocycles. The SMILES string of the molecule is CCC(Br)c1nc(-c2ccc(C(C)C)cc2)no1. The maximum absolute atomic E-state index is 5.24. The second-order valence-electron chi connectivity index (χ2n) is 4.61. The standard InChI is InChI=1S/C14H17BrN2O/c1-4-12(15)14-16-13(17-18-14)11-7-5-10(6-8-11)9(2)3/h5-9,12H,4H2,1-3H3. The second kappa shape index (κ2) is 5.65. The van der Waals surface area contributed by atoms with Crippen molar-refractivity contribution in [3.8, 4) is 11.4 Å². The molecule has 0 aliphatic heterocycles. The molecule has 0 fully saturated rings. The summed E-state index contributed by atoms with van der Waals surface area (Å²) in [4.78, 5) is 4.53. The molecule has 2 rings (SSSR count). The van der Waals surface area contributed by atoms with E-state index in [1.807, 2.05) is 12.1 Å². The van der Waals surface area contributed by atoms with E-state index in [-0.39, 0.29) is 4.83 Å². The normalized spacial score (nSPS) is 12.9. The highest BCUT2D eigenvalue weighted by Gasteiger charge is 2.14. The maximum atomic E-state index is 5.24. The lowest BCUT2D eigenvalue weighted by atomic mass is 10.0. The maximum Gasteiger partial charge on any atom is 0.240 e. The van der Waals surface area contributed by atoms with Crippen molar-refractivity contribution in [1.29, 1.82) is 0 Å². The van der Waals surface area contributed by atoms with Crippen molar-refractivity contribution in [2.24, 2.45) is 0 Å². The van der Waals surface area contributed by atoms with Gasteiger partial charge in [-0.2, -0.15) is 4.98 Å². The number of aromatic nitrogens is 2. The van der Waals surface area contributed by atoms with Gasteiger partial charge in [-0.15, -0.1) is 0 Å². The van der Waals surface area contributed by atoms with Crippen molar-refractivity contribution in [3.05, 3.63) is 35.7 Å². The Kier molecular flexibility index (Phi) is 4.17. The first kappa shape index (κ1) is 13.3. The fraction of sp³-hybridized carbons (Fsp3) is 0.429. The number of halogens is 1. The first-order chi connectivity index (χ1) is 8.61. The molecule has 1 aromatic heterocycles. The Bertz CT molecular complexity index is 505. The lowest BCUT2D eigenvalue weighted by Gasteiger charge is -2.04. The van der Waals surface area contributed by atoms with Crippen LogP contribution in [0.15, 0.2) is 28.8 Å². The molecule has 3 nitrogen and oxygen atoms in total. The predicted octanol–water partition coefficient (Wildman–Crippen LogP) is 4.71. The molecule has 18 heavy (non-hydrogen) atoms. The van der Waals surface area contributed by atoms with Crippen molar-refractivity contribution < 1.29 is 4.52 Å². The minimum absolute atomic E-state index is 0.133. The topological polar surface area (TPSA) is 38.9 Å². The average molecular weight is 309 g/mol. The van der Waals surface area contributed by atoms with Crippen LogP contribution in [0.5, 0.6) is 0 Å². The van der Waals surface area contributed by atoms with E-state index in [0.717, 1.165) is 12.0 Å².